The smallest absolute Gasteiger partial charge is 0.308 e. The summed E-state index contributed by atoms with van der Waals surface area (Å²) in [4.78, 5) is 17.9. The van der Waals surface area contributed by atoms with Gasteiger partial charge in [0.05, 0.1) is 11.4 Å². The van der Waals surface area contributed by atoms with Gasteiger partial charge in [0.1, 0.15) is 5.82 Å². The number of nitrogens with zero attached hydrogens (tertiary/aromatic N) is 2. The number of hydrogen-bond donors (Lipinski definition) is 2. The number of rotatable bonds is 2. The minimum atomic E-state index is -0.772. The first-order valence-corrected chi connectivity index (χ1v) is 7.70. The summed E-state index contributed by atoms with van der Waals surface area (Å²) in [6.45, 7) is 1.06. The third-order valence-corrected chi connectivity index (χ3v) is 4.33. The first-order chi connectivity index (χ1) is 10.5. The predicted octanol–water partition coefficient (Wildman–Crippen LogP) is 2.52. The van der Waals surface area contributed by atoms with Gasteiger partial charge in [-0.05, 0) is 43.2 Å². The Hall–Kier alpha value is -1.85. The highest BCUT2D eigenvalue weighted by Gasteiger charge is 2.27. The van der Waals surface area contributed by atoms with Gasteiger partial charge in [-0.25, -0.2) is 4.98 Å². The van der Waals surface area contributed by atoms with Crippen LogP contribution in [0.1, 0.15) is 12.8 Å². The summed E-state index contributed by atoms with van der Waals surface area (Å²) >= 11 is 5.98. The zero-order chi connectivity index (χ0) is 15.7. The van der Waals surface area contributed by atoms with E-state index in [4.69, 9.17) is 17.3 Å². The summed E-state index contributed by atoms with van der Waals surface area (Å²) in [7, 11) is 0. The lowest BCUT2D eigenvalue weighted by molar-refractivity contribution is -0.141. The molecule has 1 aromatic carbocycles. The molecule has 1 aliphatic rings. The number of aromatic nitrogens is 1. The van der Waals surface area contributed by atoms with Crippen molar-refractivity contribution in [2.45, 2.75) is 18.9 Å². The molecule has 3 N–H and O–H groups in total. The van der Waals surface area contributed by atoms with Gasteiger partial charge in [0.15, 0.2) is 0 Å². The van der Waals surface area contributed by atoms with Crippen LogP contribution in [0.4, 0.5) is 5.82 Å². The number of fused-ring (bicyclic) bond motifs is 1. The van der Waals surface area contributed by atoms with Gasteiger partial charge in [-0.1, -0.05) is 11.6 Å². The number of nitrogens with two attached hydrogens (primary N) is 1. The second-order valence-electron chi connectivity index (χ2n) is 5.78. The van der Waals surface area contributed by atoms with Crippen LogP contribution in [0, 0.1) is 5.92 Å². The van der Waals surface area contributed by atoms with Crippen LogP contribution in [0.25, 0.3) is 10.9 Å². The zero-order valence-corrected chi connectivity index (χ0v) is 12.8. The van der Waals surface area contributed by atoms with Crippen LogP contribution in [0.2, 0.25) is 5.02 Å². The number of benzene rings is 1. The molecule has 1 saturated heterocycles. The number of hydrogen-bond acceptors (Lipinski definition) is 4. The Balaban J connectivity index is 1.93. The van der Waals surface area contributed by atoms with Crippen molar-refractivity contribution in [3.05, 3.63) is 35.4 Å². The molecular weight excluding hydrogens is 302 g/mol. The minimum Gasteiger partial charge on any atom is -0.481 e. The quantitative estimate of drug-likeness (QED) is 0.889. The molecule has 5 nitrogen and oxygen atoms in total. The monoisotopic (exact) mass is 319 g/mol. The molecule has 116 valence electrons. The highest BCUT2D eigenvalue weighted by Crippen LogP contribution is 2.25. The Morgan fingerprint density at radius 1 is 1.27 bits per heavy atom. The number of anilines is 1. The van der Waals surface area contributed by atoms with Crippen molar-refractivity contribution in [3.8, 4) is 0 Å². The van der Waals surface area contributed by atoms with Crippen molar-refractivity contribution in [3.63, 3.8) is 0 Å². The molecule has 6 heteroatoms. The van der Waals surface area contributed by atoms with Gasteiger partial charge in [0, 0.05) is 29.5 Å². The Morgan fingerprint density at radius 3 is 2.86 bits per heavy atom. The highest BCUT2D eigenvalue weighted by molar-refractivity contribution is 6.31. The molecule has 1 fully saturated rings. The molecule has 0 unspecified atom stereocenters. The highest BCUT2D eigenvalue weighted by atomic mass is 35.5. The number of halogens is 1. The van der Waals surface area contributed by atoms with Crippen LogP contribution >= 0.6 is 11.6 Å². The van der Waals surface area contributed by atoms with Crippen LogP contribution in [-0.4, -0.2) is 35.2 Å². The topological polar surface area (TPSA) is 79.5 Å². The predicted molar refractivity (Wildman–Crippen MR) is 87.3 cm³/mol. The van der Waals surface area contributed by atoms with Gasteiger partial charge < -0.3 is 15.7 Å². The fourth-order valence-corrected chi connectivity index (χ4v) is 3.05. The summed E-state index contributed by atoms with van der Waals surface area (Å²) < 4.78 is 0. The third-order valence-electron chi connectivity index (χ3n) is 4.09. The van der Waals surface area contributed by atoms with Crippen molar-refractivity contribution in [2.24, 2.45) is 11.7 Å². The van der Waals surface area contributed by atoms with Gasteiger partial charge in [0.2, 0.25) is 0 Å². The Labute approximate surface area is 133 Å². The van der Waals surface area contributed by atoms with E-state index in [-0.39, 0.29) is 6.04 Å². The minimum absolute atomic E-state index is 0.0351. The number of carbonyl (C=O) groups is 1. The largest absolute Gasteiger partial charge is 0.481 e. The average molecular weight is 320 g/mol. The van der Waals surface area contributed by atoms with Gasteiger partial charge in [-0.2, -0.15) is 0 Å². The molecule has 0 bridgehead atoms. The molecule has 0 saturated carbocycles. The number of carboxylic acids is 1. The normalized spacial score (nSPS) is 22.5. The van der Waals surface area contributed by atoms with E-state index < -0.39 is 11.9 Å². The van der Waals surface area contributed by atoms with Crippen molar-refractivity contribution < 1.29 is 9.90 Å². The Kier molecular flexibility index (Phi) is 4.18. The van der Waals surface area contributed by atoms with Crippen molar-refractivity contribution in [1.82, 2.24) is 4.98 Å². The summed E-state index contributed by atoms with van der Waals surface area (Å²) in [5, 5.41) is 10.9. The van der Waals surface area contributed by atoms with E-state index in [2.05, 4.69) is 4.98 Å². The molecule has 0 spiro atoms. The molecule has 0 radical (unpaired) electrons. The van der Waals surface area contributed by atoms with E-state index in [1.54, 1.807) is 6.07 Å². The maximum atomic E-state index is 11.3. The third kappa shape index (κ3) is 3.15. The lowest BCUT2D eigenvalue weighted by atomic mass is 10.0. The molecule has 0 aliphatic carbocycles. The van der Waals surface area contributed by atoms with Crippen molar-refractivity contribution in [2.75, 3.05) is 18.0 Å². The molecule has 22 heavy (non-hydrogen) atoms. The molecule has 2 aromatic rings. The van der Waals surface area contributed by atoms with Crippen LogP contribution in [-0.2, 0) is 4.79 Å². The SMILES string of the molecule is N[C@@H]1CC[C@H](C(=O)O)CN(c2ccc3cc(Cl)ccc3n2)C1. The summed E-state index contributed by atoms with van der Waals surface area (Å²) in [6, 6.07) is 9.35. The first kappa shape index (κ1) is 15.1. The van der Waals surface area contributed by atoms with E-state index in [1.165, 1.54) is 0 Å². The van der Waals surface area contributed by atoms with E-state index in [1.807, 2.05) is 29.2 Å². The number of aliphatic carboxylic acids is 1. The molecule has 2 heterocycles. The second-order valence-corrected chi connectivity index (χ2v) is 6.22. The van der Waals surface area contributed by atoms with E-state index in [9.17, 15) is 9.90 Å². The lowest BCUT2D eigenvalue weighted by Gasteiger charge is -2.25. The van der Waals surface area contributed by atoms with E-state index in [0.29, 0.717) is 24.5 Å². The van der Waals surface area contributed by atoms with Gasteiger partial charge >= 0.3 is 5.97 Å². The molecule has 1 aliphatic heterocycles. The summed E-state index contributed by atoms with van der Waals surface area (Å²) in [5.74, 6) is -0.415. The molecule has 1 aromatic heterocycles. The maximum Gasteiger partial charge on any atom is 0.308 e. The average Bonchev–Trinajstić information content (AvgIpc) is 2.68. The molecule has 2 atom stereocenters. The van der Waals surface area contributed by atoms with Crippen LogP contribution in [0.5, 0.6) is 0 Å². The maximum absolute atomic E-state index is 11.3. The zero-order valence-electron chi connectivity index (χ0n) is 12.1. The second kappa shape index (κ2) is 6.10. The first-order valence-electron chi connectivity index (χ1n) is 7.32. The van der Waals surface area contributed by atoms with Crippen LogP contribution in [0.15, 0.2) is 30.3 Å². The van der Waals surface area contributed by atoms with Crippen molar-refractivity contribution >= 4 is 34.3 Å². The van der Waals surface area contributed by atoms with E-state index >= 15 is 0 Å². The van der Waals surface area contributed by atoms with Gasteiger partial charge in [-0.15, -0.1) is 0 Å². The Morgan fingerprint density at radius 2 is 2.09 bits per heavy atom. The number of pyridine rings is 1. The molecular formula is C16H18ClN3O2. The van der Waals surface area contributed by atoms with Crippen molar-refractivity contribution in [1.29, 1.82) is 0 Å². The van der Waals surface area contributed by atoms with Crippen LogP contribution in [0.3, 0.4) is 0 Å². The molecule has 3 rings (SSSR count). The number of carboxylic acid groups (broad SMARTS) is 1. The van der Waals surface area contributed by atoms with E-state index in [0.717, 1.165) is 23.1 Å². The summed E-state index contributed by atoms with van der Waals surface area (Å²) in [6.07, 6.45) is 1.33. The lowest BCUT2D eigenvalue weighted by Crippen LogP contribution is -2.38. The van der Waals surface area contributed by atoms with Gasteiger partial charge in [0.25, 0.3) is 0 Å². The summed E-state index contributed by atoms with van der Waals surface area (Å²) in [5.41, 5.74) is 6.92. The van der Waals surface area contributed by atoms with Crippen LogP contribution < -0.4 is 10.6 Å². The fraction of sp³-hybridized carbons (Fsp3) is 0.375. The standard InChI is InChI=1S/C16H18ClN3O2/c17-12-3-5-14-10(7-12)2-6-15(19-14)20-8-11(16(21)22)1-4-13(18)9-20/h2-3,5-7,11,13H,1,4,8-9,18H2,(H,21,22)/t11-,13+/m0/s1. The molecule has 0 amide bonds. The Bertz CT molecular complexity index is 707. The van der Waals surface area contributed by atoms with Gasteiger partial charge in [-0.3, -0.25) is 4.79 Å². The fourth-order valence-electron chi connectivity index (χ4n) is 2.87.